The van der Waals surface area contributed by atoms with Crippen molar-refractivity contribution in [2.24, 2.45) is 0 Å². The molecule has 718 valence electrons. The Morgan fingerprint density at radius 2 is 0.756 bits per heavy atom. The van der Waals surface area contributed by atoms with Gasteiger partial charge in [-0.1, -0.05) is 228 Å². The number of nitrogens with zero attached hydrogens (tertiary/aromatic N) is 7. The highest BCUT2D eigenvalue weighted by atomic mass is 79.9. The molecule has 9 aromatic carbocycles. The number of ketones is 3. The van der Waals surface area contributed by atoms with Crippen LogP contribution in [-0.2, 0) is 81.9 Å². The summed E-state index contributed by atoms with van der Waals surface area (Å²) in [6.45, 7) is 23.3. The molecule has 0 spiro atoms. The highest BCUT2D eigenvalue weighted by Gasteiger charge is 2.18. The fourth-order valence-electron chi connectivity index (χ4n) is 11.7. The largest absolute Gasteiger partial charge is 0.488 e. The fraction of sp³-hybridized carbons (Fsp3) is 0.267. The Kier molecular flexibility index (Phi) is 55.1. The number of thioether (sulfide) groups is 2. The minimum Gasteiger partial charge on any atom is -0.466 e. The zero-order chi connectivity index (χ0) is 98.3. The predicted octanol–water partition coefficient (Wildman–Crippen LogP) is 22.8. The van der Waals surface area contributed by atoms with E-state index in [1.54, 1.807) is 152 Å². The Labute approximate surface area is 843 Å². The number of Topliss-reactive ketones (excluding diaryl/α,β-unsaturated/α-hetero) is 3. The van der Waals surface area contributed by atoms with Crippen LogP contribution in [0.3, 0.4) is 0 Å². The number of rotatable bonds is 26. The number of aromatic amines is 1. The van der Waals surface area contributed by atoms with Crippen LogP contribution in [0.1, 0.15) is 120 Å². The number of aromatic nitrogens is 8. The Bertz CT molecular complexity index is 6000. The van der Waals surface area contributed by atoms with E-state index in [0.717, 1.165) is 113 Å². The highest BCUT2D eigenvalue weighted by molar-refractivity contribution is 9.11. The van der Waals surface area contributed by atoms with Crippen molar-refractivity contribution in [1.29, 1.82) is 0 Å². The first-order chi connectivity index (χ1) is 63.3. The van der Waals surface area contributed by atoms with Gasteiger partial charge in [-0.2, -0.15) is 20.4 Å². The maximum atomic E-state index is 11.8. The average Bonchev–Trinajstić information content (AvgIpc) is 1.68. The molecule has 135 heavy (non-hydrogen) atoms. The van der Waals surface area contributed by atoms with Gasteiger partial charge in [-0.15, -0.1) is 23.5 Å². The summed E-state index contributed by atoms with van der Waals surface area (Å²) in [4.78, 5) is 90.5. The van der Waals surface area contributed by atoms with Gasteiger partial charge in [0.1, 0.15) is 30.7 Å². The summed E-state index contributed by atoms with van der Waals surface area (Å²) >= 11 is 19.6. The lowest BCUT2D eigenvalue weighted by Crippen LogP contribution is -2.29. The van der Waals surface area contributed by atoms with Crippen LogP contribution in [0.15, 0.2) is 275 Å². The van der Waals surface area contributed by atoms with E-state index < -0.39 is 17.0 Å². The number of benzene rings is 9. The van der Waals surface area contributed by atoms with Gasteiger partial charge in [0.15, 0.2) is 21.4 Å². The standard InChI is InChI=1S/C21H22N2O4S.C21H22N2O2S.C14H15BrN2O2.C10H9BrN2.C10H9BrO2.C8H7BrO.C7H9BO2S.C4H7BrO2.C4H8O2.2CH4/c1-4-27-21(24)14-23-20(12-15(2)22-23)17-10-8-16(9-11-17)18-6-5-7-19(13-18)28(3,25)26;1-4-25-21(24)14-23-20(12-15(2)22-23)17-10-8-16(9-11-17)18-6-5-7-19(13-18)26-3;1-3-19-14(18)9-17-13(8-10(2)16-17)11-4-6-12(15)7-5-11;1-7-6-10(13-12-7)8-2-4-9(11)5-3-8;1-7(12)6-10(13)8-2-4-9(11)5-3-8;1-6(10)7-2-4-8(9)5-3-7;1-11-7-4-2-3-6(5-7)8(9)10;1-2-7-4(6)3-5;1-3-6-4(2)5;;/h5-13H,4,14H2,1-3H3;5-13H,4,14H2,1-3H3;4-8H,3,9H2,1-2H3;2-6H,1H3,(H,12,13);2-5H,6H2,1H3;2-5H,1H3;2-5,9-10H,1H3;2-3H2,1H3;3H2,1-2H3;2*1H4. The van der Waals surface area contributed by atoms with Gasteiger partial charge in [-0.05, 0) is 242 Å². The van der Waals surface area contributed by atoms with Crippen molar-refractivity contribution in [2.75, 3.05) is 57.1 Å². The van der Waals surface area contributed by atoms with Crippen molar-refractivity contribution < 1.29 is 80.5 Å². The van der Waals surface area contributed by atoms with Crippen molar-refractivity contribution in [3.63, 3.8) is 0 Å². The first kappa shape index (κ1) is 118. The molecule has 13 rings (SSSR count). The van der Waals surface area contributed by atoms with Crippen molar-refractivity contribution in [2.45, 2.75) is 139 Å². The molecule has 0 aliphatic carbocycles. The number of hydrogen-bond acceptors (Lipinski definition) is 23. The van der Waals surface area contributed by atoms with E-state index in [9.17, 15) is 46.8 Å². The molecule has 25 nitrogen and oxygen atoms in total. The number of halogens is 5. The molecule has 0 fully saturated rings. The number of aryl methyl sites for hydroxylation is 4. The van der Waals surface area contributed by atoms with E-state index in [2.05, 4.69) is 169 Å². The molecule has 0 amide bonds. The zero-order valence-electron chi connectivity index (χ0n) is 76.5. The summed E-state index contributed by atoms with van der Waals surface area (Å²) in [5.41, 5.74) is 17.3. The SMILES string of the molecule is C.C.CC(=O)CC(=O)c1ccc(Br)cc1.CC(=O)c1ccc(Br)cc1.CCOC(=O)CBr.CCOC(=O)Cn1nc(C)cc1-c1ccc(-c2cccc(S(C)(=O)=O)c2)cc1.CCOC(=O)Cn1nc(C)cc1-c1ccc(-c2cccc(SC)c2)cc1.CCOC(=O)Cn1nc(C)cc1-c1ccc(Br)cc1.CCOC(C)=O.CSc1cccc(B(O)O)c1.Cc1cc(-c2ccc(Br)cc2)n[nH]1. The van der Waals surface area contributed by atoms with Gasteiger partial charge in [-0.25, -0.2) is 8.42 Å². The van der Waals surface area contributed by atoms with E-state index in [0.29, 0.717) is 49.4 Å². The van der Waals surface area contributed by atoms with Crippen molar-refractivity contribution in [3.05, 3.63) is 294 Å². The van der Waals surface area contributed by atoms with Crippen LogP contribution in [-0.4, -0.2) is 169 Å². The molecule has 0 aliphatic heterocycles. The molecule has 0 unspecified atom stereocenters. The van der Waals surface area contributed by atoms with E-state index in [1.165, 1.54) is 30.6 Å². The second-order valence-electron chi connectivity index (χ2n) is 28.4. The number of nitrogens with one attached hydrogen (secondary N) is 1. The Morgan fingerprint density at radius 3 is 1.08 bits per heavy atom. The molecule has 13 aromatic rings. The second kappa shape index (κ2) is 62.8. The summed E-state index contributed by atoms with van der Waals surface area (Å²) in [6, 6.07) is 76.8. The number of ether oxygens (including phenoxy) is 5. The van der Waals surface area contributed by atoms with Crippen LogP contribution >= 0.6 is 103 Å². The van der Waals surface area contributed by atoms with Gasteiger partial charge >= 0.3 is 37.0 Å². The maximum Gasteiger partial charge on any atom is 0.488 e. The minimum atomic E-state index is -3.26. The number of hydrogen-bond donors (Lipinski definition) is 3. The number of sulfone groups is 1. The molecule has 0 aliphatic rings. The normalized spacial score (nSPS) is 10.1. The van der Waals surface area contributed by atoms with Crippen LogP contribution in [0.5, 0.6) is 0 Å². The van der Waals surface area contributed by atoms with Gasteiger partial charge < -0.3 is 33.7 Å². The number of carbonyl (C=O) groups is 8. The summed E-state index contributed by atoms with van der Waals surface area (Å²) in [5, 5.41) is 38.1. The van der Waals surface area contributed by atoms with Crippen molar-refractivity contribution in [3.8, 4) is 67.3 Å². The molecule has 0 saturated carbocycles. The summed E-state index contributed by atoms with van der Waals surface area (Å²) in [5.74, 6) is -1.42. The Hall–Kier alpha value is -10.8. The van der Waals surface area contributed by atoms with E-state index in [4.69, 9.17) is 24.3 Å². The lowest BCUT2D eigenvalue weighted by Gasteiger charge is -2.09. The molecule has 0 radical (unpaired) electrons. The van der Waals surface area contributed by atoms with Gasteiger partial charge in [0.2, 0.25) is 0 Å². The number of esters is 5. The lowest BCUT2D eigenvalue weighted by molar-refractivity contribution is -0.144. The average molecular weight is 2220 g/mol. The van der Waals surface area contributed by atoms with Crippen molar-refractivity contribution >= 4 is 173 Å². The predicted molar refractivity (Wildman–Crippen MR) is 559 cm³/mol. The minimum absolute atomic E-state index is 0. The fourth-order valence-corrected chi connectivity index (χ4v) is 14.5. The molecular weight excluding hydrogens is 2100 g/mol. The summed E-state index contributed by atoms with van der Waals surface area (Å²) in [6.07, 6.45) is 5.21. The quantitative estimate of drug-likeness (QED) is 0.00862. The van der Waals surface area contributed by atoms with Gasteiger partial charge in [0, 0.05) is 63.2 Å². The third-order valence-electron chi connectivity index (χ3n) is 17.8. The van der Waals surface area contributed by atoms with E-state index in [-0.39, 0.29) is 93.0 Å². The Balaban J connectivity index is 0.000000406. The van der Waals surface area contributed by atoms with Crippen LogP contribution in [0.2, 0.25) is 0 Å². The first-order valence-corrected chi connectivity index (χ1v) is 50.2. The molecule has 34 heteroatoms. The molecule has 4 aromatic heterocycles. The molecule has 0 atom stereocenters. The van der Waals surface area contributed by atoms with Crippen LogP contribution in [0.4, 0.5) is 0 Å². The Morgan fingerprint density at radius 1 is 0.415 bits per heavy atom. The summed E-state index contributed by atoms with van der Waals surface area (Å²) < 4.78 is 56.5. The number of alkyl halides is 1. The lowest BCUT2D eigenvalue weighted by atomic mass is 9.80. The third kappa shape index (κ3) is 43.8. The van der Waals surface area contributed by atoms with Gasteiger partial charge in [0.05, 0.1) is 84.2 Å². The zero-order valence-corrected chi connectivity index (χ0v) is 86.9. The van der Waals surface area contributed by atoms with Crippen LogP contribution < -0.4 is 5.46 Å². The van der Waals surface area contributed by atoms with Crippen LogP contribution in [0.25, 0.3) is 67.3 Å². The highest BCUT2D eigenvalue weighted by Crippen LogP contribution is 2.31. The number of carbonyl (C=O) groups excluding carboxylic acids is 8. The van der Waals surface area contributed by atoms with E-state index >= 15 is 0 Å². The van der Waals surface area contributed by atoms with Crippen LogP contribution in [0, 0.1) is 27.7 Å². The van der Waals surface area contributed by atoms with Gasteiger partial charge in [-0.3, -0.25) is 57.5 Å². The molecule has 3 N–H and O–H groups in total. The maximum absolute atomic E-state index is 11.8. The molecule has 4 heterocycles. The monoisotopic (exact) mass is 2210 g/mol. The summed E-state index contributed by atoms with van der Waals surface area (Å²) in [7, 11) is -4.62. The molecular formula is C101H116BBr5N8O17S3. The van der Waals surface area contributed by atoms with Gasteiger partial charge in [0.25, 0.3) is 0 Å². The first-order valence-electron chi connectivity index (χ1n) is 41.5. The molecule has 0 bridgehead atoms. The second-order valence-corrected chi connectivity index (χ2v) is 36.4. The number of H-pyrrole nitrogens is 1. The van der Waals surface area contributed by atoms with E-state index in [1.807, 2.05) is 155 Å². The molecule has 0 saturated heterocycles. The smallest absolute Gasteiger partial charge is 0.466 e. The third-order valence-corrected chi connectivity index (χ3v) is 22.9. The topological polar surface area (TPSA) is 339 Å². The van der Waals surface area contributed by atoms with Crippen molar-refractivity contribution in [1.82, 2.24) is 39.5 Å².